The van der Waals surface area contributed by atoms with Crippen LogP contribution in [0.5, 0.6) is 5.75 Å². The Morgan fingerprint density at radius 3 is 2.95 bits per heavy atom. The quantitative estimate of drug-likeness (QED) is 0.921. The number of furan rings is 1. The molecule has 3 nitrogen and oxygen atoms in total. The van der Waals surface area contributed by atoms with E-state index in [1.807, 2.05) is 24.3 Å². The predicted octanol–water partition coefficient (Wildman–Crippen LogP) is 3.87. The van der Waals surface area contributed by atoms with Gasteiger partial charge in [0.2, 0.25) is 0 Å². The van der Waals surface area contributed by atoms with E-state index in [4.69, 9.17) is 26.5 Å². The maximum atomic E-state index is 6.17. The van der Waals surface area contributed by atoms with E-state index in [2.05, 4.69) is 15.9 Å². The molecule has 2 aromatic rings. The van der Waals surface area contributed by atoms with Gasteiger partial charge in [-0.05, 0) is 57.7 Å². The van der Waals surface area contributed by atoms with Gasteiger partial charge in [0.15, 0.2) is 4.67 Å². The van der Waals surface area contributed by atoms with Crippen molar-refractivity contribution in [3.05, 3.63) is 50.8 Å². The summed E-state index contributed by atoms with van der Waals surface area (Å²) in [6.07, 6.45) is 1.55. The molecule has 1 aromatic carbocycles. The third-order valence-corrected chi connectivity index (χ3v) is 3.87. The molecule has 100 valence electrons. The van der Waals surface area contributed by atoms with E-state index >= 15 is 0 Å². The summed E-state index contributed by atoms with van der Waals surface area (Å²) in [4.78, 5) is 0. The van der Waals surface area contributed by atoms with Crippen molar-refractivity contribution < 1.29 is 9.15 Å². The Labute approximate surface area is 124 Å². The van der Waals surface area contributed by atoms with Crippen LogP contribution in [-0.4, -0.2) is 6.61 Å². The van der Waals surface area contributed by atoms with Crippen molar-refractivity contribution in [2.75, 3.05) is 6.61 Å². The van der Waals surface area contributed by atoms with Gasteiger partial charge >= 0.3 is 0 Å². The van der Waals surface area contributed by atoms with Gasteiger partial charge < -0.3 is 14.9 Å². The largest absolute Gasteiger partial charge is 0.493 e. The molecule has 0 saturated carbocycles. The van der Waals surface area contributed by atoms with Crippen LogP contribution in [0.1, 0.15) is 22.9 Å². The van der Waals surface area contributed by atoms with Gasteiger partial charge in [0.1, 0.15) is 11.5 Å². The molecule has 0 fully saturated rings. The lowest BCUT2D eigenvalue weighted by Crippen LogP contribution is -2.13. The number of halogens is 2. The average Bonchev–Trinajstić information content (AvgIpc) is 2.97. The minimum atomic E-state index is -0.210. The molecular formula is C14H13BrClNO2. The van der Waals surface area contributed by atoms with Crippen molar-refractivity contribution in [2.24, 2.45) is 5.73 Å². The molecule has 5 heteroatoms. The SMILES string of the molecule is NC(Cc1cc(Cl)cc2c1OCC2)c1ccc(Br)o1. The fourth-order valence-corrected chi connectivity index (χ4v) is 2.95. The number of hydrogen-bond donors (Lipinski definition) is 1. The van der Waals surface area contributed by atoms with E-state index < -0.39 is 0 Å². The Balaban J connectivity index is 1.87. The predicted molar refractivity (Wildman–Crippen MR) is 77.7 cm³/mol. The maximum Gasteiger partial charge on any atom is 0.169 e. The topological polar surface area (TPSA) is 48.4 Å². The van der Waals surface area contributed by atoms with Gasteiger partial charge in [-0.15, -0.1) is 0 Å². The molecule has 0 aliphatic carbocycles. The standard InChI is InChI=1S/C14H13BrClNO2/c15-13-2-1-12(19-13)11(17)7-9-6-10(16)5-8-3-4-18-14(8)9/h1-2,5-6,11H,3-4,7,17H2. The summed E-state index contributed by atoms with van der Waals surface area (Å²) in [5, 5.41) is 0.729. The number of rotatable bonds is 3. The Morgan fingerprint density at radius 1 is 1.37 bits per heavy atom. The van der Waals surface area contributed by atoms with Crippen LogP contribution in [0.2, 0.25) is 5.02 Å². The summed E-state index contributed by atoms with van der Waals surface area (Å²) in [7, 11) is 0. The molecule has 1 unspecified atom stereocenters. The molecule has 0 bridgehead atoms. The van der Waals surface area contributed by atoms with Crippen molar-refractivity contribution in [1.82, 2.24) is 0 Å². The van der Waals surface area contributed by atoms with Crippen LogP contribution in [0.15, 0.2) is 33.4 Å². The Morgan fingerprint density at radius 2 is 2.21 bits per heavy atom. The van der Waals surface area contributed by atoms with Crippen LogP contribution in [0.4, 0.5) is 0 Å². The zero-order valence-electron chi connectivity index (χ0n) is 10.2. The maximum absolute atomic E-state index is 6.17. The van der Waals surface area contributed by atoms with Crippen molar-refractivity contribution in [3.63, 3.8) is 0 Å². The fourth-order valence-electron chi connectivity index (χ4n) is 2.36. The fraction of sp³-hybridized carbons (Fsp3) is 0.286. The summed E-state index contributed by atoms with van der Waals surface area (Å²) in [6, 6.07) is 7.39. The Kier molecular flexibility index (Phi) is 3.56. The van der Waals surface area contributed by atoms with Gasteiger partial charge in [0.25, 0.3) is 0 Å². The highest BCUT2D eigenvalue weighted by atomic mass is 79.9. The molecule has 0 spiro atoms. The van der Waals surface area contributed by atoms with Crippen molar-refractivity contribution >= 4 is 27.5 Å². The van der Waals surface area contributed by atoms with Gasteiger partial charge in [0, 0.05) is 11.4 Å². The molecule has 1 aliphatic rings. The first-order valence-electron chi connectivity index (χ1n) is 6.08. The molecule has 19 heavy (non-hydrogen) atoms. The van der Waals surface area contributed by atoms with Gasteiger partial charge in [-0.1, -0.05) is 11.6 Å². The van der Waals surface area contributed by atoms with Gasteiger partial charge in [-0.25, -0.2) is 0 Å². The first-order chi connectivity index (χ1) is 9.13. The lowest BCUT2D eigenvalue weighted by Gasteiger charge is -2.13. The minimum absolute atomic E-state index is 0.210. The molecule has 0 amide bonds. The van der Waals surface area contributed by atoms with E-state index in [0.717, 1.165) is 34.1 Å². The van der Waals surface area contributed by atoms with Crippen LogP contribution in [-0.2, 0) is 12.8 Å². The zero-order chi connectivity index (χ0) is 13.4. The van der Waals surface area contributed by atoms with Crippen LogP contribution in [0.25, 0.3) is 0 Å². The van der Waals surface area contributed by atoms with Gasteiger partial charge in [-0.3, -0.25) is 0 Å². The lowest BCUT2D eigenvalue weighted by molar-refractivity contribution is 0.351. The molecule has 3 rings (SSSR count). The van der Waals surface area contributed by atoms with Crippen molar-refractivity contribution in [3.8, 4) is 5.75 Å². The van der Waals surface area contributed by atoms with Crippen LogP contribution in [0.3, 0.4) is 0 Å². The highest BCUT2D eigenvalue weighted by molar-refractivity contribution is 9.10. The third kappa shape index (κ3) is 2.66. The van der Waals surface area contributed by atoms with E-state index in [-0.39, 0.29) is 6.04 Å². The second-order valence-electron chi connectivity index (χ2n) is 4.60. The zero-order valence-corrected chi connectivity index (χ0v) is 12.5. The number of ether oxygens (including phenoxy) is 1. The van der Waals surface area contributed by atoms with Crippen LogP contribution in [0, 0.1) is 0 Å². The molecule has 1 aromatic heterocycles. The van der Waals surface area contributed by atoms with Crippen LogP contribution < -0.4 is 10.5 Å². The molecular weight excluding hydrogens is 330 g/mol. The number of benzene rings is 1. The molecule has 2 N–H and O–H groups in total. The summed E-state index contributed by atoms with van der Waals surface area (Å²) in [6.45, 7) is 0.713. The summed E-state index contributed by atoms with van der Waals surface area (Å²) in [5.41, 5.74) is 8.38. The summed E-state index contributed by atoms with van der Waals surface area (Å²) >= 11 is 9.41. The lowest BCUT2D eigenvalue weighted by atomic mass is 10.0. The second-order valence-corrected chi connectivity index (χ2v) is 5.82. The van der Waals surface area contributed by atoms with Crippen molar-refractivity contribution in [2.45, 2.75) is 18.9 Å². The average molecular weight is 343 g/mol. The highest BCUT2D eigenvalue weighted by Gasteiger charge is 2.20. The van der Waals surface area contributed by atoms with E-state index in [1.54, 1.807) is 0 Å². The molecule has 0 saturated heterocycles. The normalized spacial score (nSPS) is 15.1. The van der Waals surface area contributed by atoms with Gasteiger partial charge in [0.05, 0.1) is 12.6 Å². The monoisotopic (exact) mass is 341 g/mol. The molecule has 1 aliphatic heterocycles. The van der Waals surface area contributed by atoms with E-state index in [1.165, 1.54) is 0 Å². The molecule has 0 radical (unpaired) electrons. The molecule has 1 atom stereocenters. The van der Waals surface area contributed by atoms with Crippen molar-refractivity contribution in [1.29, 1.82) is 0 Å². The number of fused-ring (bicyclic) bond motifs is 1. The van der Waals surface area contributed by atoms with E-state index in [9.17, 15) is 0 Å². The summed E-state index contributed by atoms with van der Waals surface area (Å²) in [5.74, 6) is 1.68. The van der Waals surface area contributed by atoms with Crippen LogP contribution >= 0.6 is 27.5 Å². The smallest absolute Gasteiger partial charge is 0.169 e. The first-order valence-corrected chi connectivity index (χ1v) is 7.25. The third-order valence-electron chi connectivity index (χ3n) is 3.22. The Hall–Kier alpha value is -0.970. The highest BCUT2D eigenvalue weighted by Crippen LogP contribution is 2.35. The molecule has 2 heterocycles. The van der Waals surface area contributed by atoms with E-state index in [0.29, 0.717) is 17.7 Å². The number of nitrogens with two attached hydrogens (primary N) is 1. The summed E-state index contributed by atoms with van der Waals surface area (Å²) < 4.78 is 11.8. The second kappa shape index (κ2) is 5.19. The van der Waals surface area contributed by atoms with Gasteiger partial charge in [-0.2, -0.15) is 0 Å². The number of hydrogen-bond acceptors (Lipinski definition) is 3. The minimum Gasteiger partial charge on any atom is -0.493 e. The first kappa shape index (κ1) is 13.0. The Bertz CT molecular complexity index is 611.